The van der Waals surface area contributed by atoms with E-state index < -0.39 is 0 Å². The molecule has 2 rings (SSSR count). The number of oxazole rings is 1. The zero-order valence-corrected chi connectivity index (χ0v) is 12.4. The maximum Gasteiger partial charge on any atom is 0.192 e. The molecule has 104 valence electrons. The van der Waals surface area contributed by atoms with Crippen LogP contribution in [0.25, 0.3) is 11.1 Å². The highest BCUT2D eigenvalue weighted by atomic mass is 16.3. The van der Waals surface area contributed by atoms with Gasteiger partial charge in [-0.05, 0) is 43.8 Å². The normalized spacial score (nSPS) is 14.3. The summed E-state index contributed by atoms with van der Waals surface area (Å²) in [5.41, 5.74) is 8.91. The molecule has 0 fully saturated rings. The van der Waals surface area contributed by atoms with Crippen LogP contribution in [0.5, 0.6) is 0 Å². The Balaban J connectivity index is 2.50. The molecular formula is C15H23N3O. The molecule has 4 heteroatoms. The molecule has 0 aliphatic rings. The van der Waals surface area contributed by atoms with Crippen LogP contribution in [0.15, 0.2) is 22.6 Å². The van der Waals surface area contributed by atoms with Gasteiger partial charge in [0, 0.05) is 13.0 Å². The molecule has 0 spiro atoms. The number of aryl methyl sites for hydroxylation is 1. The molecule has 1 aromatic carbocycles. The van der Waals surface area contributed by atoms with Crippen LogP contribution in [0, 0.1) is 12.3 Å². The lowest BCUT2D eigenvalue weighted by molar-refractivity contribution is 0.143. The number of hydrogen-bond donors (Lipinski definition) is 1. The van der Waals surface area contributed by atoms with Crippen LogP contribution in [0.1, 0.15) is 31.3 Å². The van der Waals surface area contributed by atoms with Gasteiger partial charge in [-0.2, -0.15) is 0 Å². The van der Waals surface area contributed by atoms with Gasteiger partial charge in [0.15, 0.2) is 11.5 Å². The predicted octanol–water partition coefficient (Wildman–Crippen LogP) is 2.72. The number of benzene rings is 1. The summed E-state index contributed by atoms with van der Waals surface area (Å²) in [4.78, 5) is 6.62. The van der Waals surface area contributed by atoms with Crippen LogP contribution in [0.4, 0.5) is 0 Å². The minimum Gasteiger partial charge on any atom is -0.441 e. The molecule has 1 heterocycles. The molecule has 0 radical (unpaired) electrons. The summed E-state index contributed by atoms with van der Waals surface area (Å²) < 4.78 is 5.53. The van der Waals surface area contributed by atoms with E-state index >= 15 is 0 Å². The number of fused-ring (bicyclic) bond motifs is 1. The van der Waals surface area contributed by atoms with Gasteiger partial charge in [0.05, 0.1) is 0 Å². The molecule has 0 saturated carbocycles. The van der Waals surface area contributed by atoms with Crippen molar-refractivity contribution in [1.29, 1.82) is 0 Å². The highest BCUT2D eigenvalue weighted by Gasteiger charge is 2.31. The predicted molar refractivity (Wildman–Crippen MR) is 78.0 cm³/mol. The Bertz CT molecular complexity index is 572. The molecule has 2 N–H and O–H groups in total. The molecular weight excluding hydrogens is 238 g/mol. The van der Waals surface area contributed by atoms with Gasteiger partial charge in [-0.1, -0.05) is 19.9 Å². The second kappa shape index (κ2) is 4.94. The van der Waals surface area contributed by atoms with Gasteiger partial charge in [-0.25, -0.2) is 4.98 Å². The lowest BCUT2D eigenvalue weighted by Crippen LogP contribution is -2.38. The van der Waals surface area contributed by atoms with Crippen molar-refractivity contribution >= 4 is 11.1 Å². The van der Waals surface area contributed by atoms with Crippen molar-refractivity contribution in [2.75, 3.05) is 20.6 Å². The van der Waals surface area contributed by atoms with Crippen molar-refractivity contribution < 1.29 is 4.42 Å². The number of nitrogens with zero attached hydrogens (tertiary/aromatic N) is 2. The smallest absolute Gasteiger partial charge is 0.192 e. The van der Waals surface area contributed by atoms with Crippen molar-refractivity contribution in [2.24, 2.45) is 11.1 Å². The first-order valence-corrected chi connectivity index (χ1v) is 6.59. The molecule has 0 bridgehead atoms. The maximum absolute atomic E-state index is 5.94. The molecule has 0 aliphatic carbocycles. The first-order valence-electron chi connectivity index (χ1n) is 6.59. The fourth-order valence-corrected chi connectivity index (χ4v) is 2.79. The van der Waals surface area contributed by atoms with E-state index in [0.29, 0.717) is 12.4 Å². The second-order valence-corrected chi connectivity index (χ2v) is 6.02. The summed E-state index contributed by atoms with van der Waals surface area (Å²) in [5.74, 6) is 0.701. The zero-order valence-electron chi connectivity index (χ0n) is 12.4. The average Bonchev–Trinajstić information content (AvgIpc) is 2.67. The van der Waals surface area contributed by atoms with Gasteiger partial charge in [-0.15, -0.1) is 0 Å². The van der Waals surface area contributed by atoms with Gasteiger partial charge in [-0.3, -0.25) is 0 Å². The Morgan fingerprint density at radius 2 is 2.05 bits per heavy atom. The molecule has 19 heavy (non-hydrogen) atoms. The van der Waals surface area contributed by atoms with Crippen molar-refractivity contribution in [2.45, 2.75) is 26.8 Å². The van der Waals surface area contributed by atoms with Crippen molar-refractivity contribution in [1.82, 2.24) is 9.88 Å². The van der Waals surface area contributed by atoms with Crippen LogP contribution in [-0.4, -0.2) is 30.5 Å². The number of hydrogen-bond acceptors (Lipinski definition) is 4. The van der Waals surface area contributed by atoms with Gasteiger partial charge in [0.25, 0.3) is 0 Å². The summed E-state index contributed by atoms with van der Waals surface area (Å²) in [6, 6.07) is 6.45. The maximum atomic E-state index is 5.94. The Labute approximate surface area is 114 Å². The third kappa shape index (κ3) is 2.65. The first kappa shape index (κ1) is 14.0. The number of aromatic nitrogens is 1. The van der Waals surface area contributed by atoms with Crippen molar-refractivity contribution in [3.05, 3.63) is 29.7 Å². The molecule has 2 aromatic rings. The molecule has 1 aromatic heterocycles. The fraction of sp³-hybridized carbons (Fsp3) is 0.533. The second-order valence-electron chi connectivity index (χ2n) is 6.02. The lowest BCUT2D eigenvalue weighted by atomic mass is 9.79. The average molecular weight is 261 g/mol. The third-order valence-electron chi connectivity index (χ3n) is 3.62. The van der Waals surface area contributed by atoms with E-state index in [9.17, 15) is 0 Å². The van der Waals surface area contributed by atoms with Crippen LogP contribution >= 0.6 is 0 Å². The van der Waals surface area contributed by atoms with E-state index in [-0.39, 0.29) is 11.5 Å². The Morgan fingerprint density at radius 1 is 1.37 bits per heavy atom. The highest BCUT2D eigenvalue weighted by Crippen LogP contribution is 2.37. The van der Waals surface area contributed by atoms with Crippen molar-refractivity contribution in [3.8, 4) is 0 Å². The Hall–Kier alpha value is -1.39. The number of rotatable bonds is 4. The van der Waals surface area contributed by atoms with E-state index in [1.54, 1.807) is 0 Å². The van der Waals surface area contributed by atoms with E-state index in [1.807, 2.05) is 13.0 Å². The molecule has 1 unspecified atom stereocenters. The SMILES string of the molecule is Cc1nc2cc(C(N(C)C)C(C)(C)CN)ccc2o1. The summed E-state index contributed by atoms with van der Waals surface area (Å²) in [7, 11) is 4.17. The van der Waals surface area contributed by atoms with E-state index in [0.717, 1.165) is 11.1 Å². The zero-order chi connectivity index (χ0) is 14.2. The summed E-state index contributed by atoms with van der Waals surface area (Å²) in [6.45, 7) is 6.88. The van der Waals surface area contributed by atoms with Gasteiger partial charge in [0.1, 0.15) is 5.52 Å². The van der Waals surface area contributed by atoms with E-state index in [1.165, 1.54) is 5.56 Å². The van der Waals surface area contributed by atoms with Crippen LogP contribution in [0.2, 0.25) is 0 Å². The summed E-state index contributed by atoms with van der Waals surface area (Å²) in [5, 5.41) is 0. The van der Waals surface area contributed by atoms with Crippen LogP contribution in [0.3, 0.4) is 0 Å². The Morgan fingerprint density at radius 3 is 2.63 bits per heavy atom. The topological polar surface area (TPSA) is 55.3 Å². The van der Waals surface area contributed by atoms with E-state index in [2.05, 4.69) is 50.0 Å². The standard InChI is InChI=1S/C15H23N3O/c1-10-17-12-8-11(6-7-13(12)19-10)14(18(4)5)15(2,3)9-16/h6-8,14H,9,16H2,1-5H3. The lowest BCUT2D eigenvalue weighted by Gasteiger charge is -2.38. The minimum atomic E-state index is -0.00401. The molecule has 0 aliphatic heterocycles. The molecule has 1 atom stereocenters. The van der Waals surface area contributed by atoms with Crippen LogP contribution < -0.4 is 5.73 Å². The molecule has 0 saturated heterocycles. The first-order chi connectivity index (χ1) is 8.85. The highest BCUT2D eigenvalue weighted by molar-refractivity contribution is 5.73. The van der Waals surface area contributed by atoms with Gasteiger partial charge < -0.3 is 15.1 Å². The molecule has 0 amide bonds. The summed E-state index contributed by atoms with van der Waals surface area (Å²) >= 11 is 0. The van der Waals surface area contributed by atoms with Crippen molar-refractivity contribution in [3.63, 3.8) is 0 Å². The minimum absolute atomic E-state index is 0.00401. The quantitative estimate of drug-likeness (QED) is 0.919. The van der Waals surface area contributed by atoms with Gasteiger partial charge >= 0.3 is 0 Å². The monoisotopic (exact) mass is 261 g/mol. The number of nitrogens with two attached hydrogens (primary N) is 1. The molecule has 4 nitrogen and oxygen atoms in total. The van der Waals surface area contributed by atoms with Crippen LogP contribution in [-0.2, 0) is 0 Å². The largest absolute Gasteiger partial charge is 0.441 e. The Kier molecular flexibility index (Phi) is 3.65. The van der Waals surface area contributed by atoms with Gasteiger partial charge in [0.2, 0.25) is 0 Å². The fourth-order valence-electron chi connectivity index (χ4n) is 2.79. The van der Waals surface area contributed by atoms with E-state index in [4.69, 9.17) is 10.2 Å². The third-order valence-corrected chi connectivity index (χ3v) is 3.62. The summed E-state index contributed by atoms with van der Waals surface area (Å²) in [6.07, 6.45) is 0.